The van der Waals surface area contributed by atoms with Crippen molar-refractivity contribution in [3.63, 3.8) is 0 Å². The van der Waals surface area contributed by atoms with Crippen LogP contribution in [0.1, 0.15) is 103 Å². The minimum absolute atomic E-state index is 0.378. The van der Waals surface area contributed by atoms with Crippen LogP contribution in [0.4, 0.5) is 0 Å². The predicted octanol–water partition coefficient (Wildman–Crippen LogP) is 9.21. The molecule has 2 aliphatic carbocycles. The third kappa shape index (κ3) is 7.91. The van der Waals surface area contributed by atoms with Crippen LogP contribution in [0.25, 0.3) is 22.3 Å². The molecule has 59 heavy (non-hydrogen) atoms. The molecule has 0 saturated carbocycles. The van der Waals surface area contributed by atoms with Crippen LogP contribution >= 0.6 is 0 Å². The highest BCUT2D eigenvalue weighted by Crippen LogP contribution is 2.65. The molecule has 2 heterocycles. The first-order chi connectivity index (χ1) is 28.7. The minimum Gasteiger partial charge on any atom is -0.489 e. The van der Waals surface area contributed by atoms with Crippen molar-refractivity contribution < 1.29 is 37.6 Å². The molecule has 1 spiro atoms. The van der Waals surface area contributed by atoms with Gasteiger partial charge in [-0.3, -0.25) is 0 Å². The lowest BCUT2D eigenvalue weighted by atomic mass is 9.67. The minimum atomic E-state index is -0.772. The zero-order chi connectivity index (χ0) is 41.3. The van der Waals surface area contributed by atoms with E-state index in [4.69, 9.17) is 37.6 Å². The summed E-state index contributed by atoms with van der Waals surface area (Å²) in [5.41, 5.74) is 10.3. The number of benzene rings is 4. The molecule has 2 saturated heterocycles. The maximum Gasteiger partial charge on any atom is 0.494 e. The Morgan fingerprint density at radius 1 is 0.441 bits per heavy atom. The van der Waals surface area contributed by atoms with Gasteiger partial charge in [-0.1, -0.05) is 117 Å². The third-order valence-corrected chi connectivity index (χ3v) is 13.1. The molecule has 8 nitrogen and oxygen atoms in total. The molecule has 4 atom stereocenters. The van der Waals surface area contributed by atoms with E-state index in [0.29, 0.717) is 76.5 Å². The Bertz CT molecular complexity index is 1960. The van der Waals surface area contributed by atoms with Gasteiger partial charge in [-0.05, 0) is 103 Å². The summed E-state index contributed by atoms with van der Waals surface area (Å²) in [6.45, 7) is 22.4. The van der Waals surface area contributed by atoms with Crippen LogP contribution < -0.4 is 29.9 Å². The van der Waals surface area contributed by atoms with E-state index in [1.54, 1.807) is 0 Å². The predicted molar refractivity (Wildman–Crippen MR) is 237 cm³/mol. The van der Waals surface area contributed by atoms with Gasteiger partial charge in [0.2, 0.25) is 0 Å². The molecule has 4 aromatic carbocycles. The van der Waals surface area contributed by atoms with E-state index in [0.717, 1.165) is 93.0 Å². The maximum absolute atomic E-state index is 6.82. The Labute approximate surface area is 352 Å². The fourth-order valence-electron chi connectivity index (χ4n) is 8.52. The molecule has 0 N–H and O–H groups in total. The second-order valence-electron chi connectivity index (χ2n) is 17.5. The van der Waals surface area contributed by atoms with E-state index in [2.05, 4.69) is 116 Å². The van der Waals surface area contributed by atoms with Crippen LogP contribution in [0.3, 0.4) is 0 Å². The van der Waals surface area contributed by atoms with E-state index < -0.39 is 19.7 Å². The van der Waals surface area contributed by atoms with Crippen molar-refractivity contribution in [1.82, 2.24) is 0 Å². The van der Waals surface area contributed by atoms with Crippen LogP contribution in [0.15, 0.2) is 60.7 Å². The van der Waals surface area contributed by atoms with E-state index >= 15 is 0 Å². The third-order valence-electron chi connectivity index (χ3n) is 13.1. The van der Waals surface area contributed by atoms with E-state index in [1.807, 2.05) is 0 Å². The van der Waals surface area contributed by atoms with Gasteiger partial charge in [0.1, 0.15) is 0 Å². The molecule has 0 bridgehead atoms. The van der Waals surface area contributed by atoms with Gasteiger partial charge in [0.25, 0.3) is 0 Å². The lowest BCUT2D eigenvalue weighted by Crippen LogP contribution is -2.35. The highest BCUT2D eigenvalue weighted by molar-refractivity contribution is 6.62. The average Bonchev–Trinajstić information content (AvgIpc) is 4.10. The van der Waals surface area contributed by atoms with Gasteiger partial charge in [-0.25, -0.2) is 0 Å². The van der Waals surface area contributed by atoms with Gasteiger partial charge in [0, 0.05) is 0 Å². The summed E-state index contributed by atoms with van der Waals surface area (Å²) < 4.78 is 51.6. The molecular formula is C49H62B2O8. The number of hydrogen-bond donors (Lipinski definition) is 0. The summed E-state index contributed by atoms with van der Waals surface area (Å²) in [7, 11) is -0.873. The summed E-state index contributed by atoms with van der Waals surface area (Å²) >= 11 is 0. The first-order valence-corrected chi connectivity index (χ1v) is 22.3. The lowest BCUT2D eigenvalue weighted by Gasteiger charge is -2.32. The molecule has 10 heteroatoms. The molecule has 312 valence electrons. The van der Waals surface area contributed by atoms with Gasteiger partial charge in [0.05, 0.1) is 58.3 Å². The first kappa shape index (κ1) is 41.8. The lowest BCUT2D eigenvalue weighted by molar-refractivity contribution is 0.217. The largest absolute Gasteiger partial charge is 0.494 e. The van der Waals surface area contributed by atoms with Crippen molar-refractivity contribution in [3.05, 3.63) is 82.9 Å². The summed E-state index contributed by atoms with van der Waals surface area (Å²) in [5.74, 6) is 4.57. The summed E-state index contributed by atoms with van der Waals surface area (Å²) in [6.07, 6.45) is 4.09. The SMILES string of the molecule is CCC(C)COc1cc2c(cc1OCC(C)CC)C1(c3cc(B4OCCO4)ccc3-c3ccc(B4OCCO4)cc31)c1cc(OCC(C)CC)c(OCC(C)CC)cc1-2. The normalized spacial score (nSPS) is 18.0. The maximum atomic E-state index is 6.82. The van der Waals surface area contributed by atoms with Gasteiger partial charge in [0.15, 0.2) is 23.0 Å². The molecule has 2 aliphatic heterocycles. The van der Waals surface area contributed by atoms with Crippen LogP contribution in [0.2, 0.25) is 0 Å². The number of rotatable bonds is 18. The van der Waals surface area contributed by atoms with Crippen LogP contribution in [0, 0.1) is 23.7 Å². The van der Waals surface area contributed by atoms with E-state index in [9.17, 15) is 0 Å². The van der Waals surface area contributed by atoms with E-state index in [-0.39, 0.29) is 0 Å². The summed E-state index contributed by atoms with van der Waals surface area (Å²) in [6, 6.07) is 22.4. The Kier molecular flexibility index (Phi) is 12.7. The zero-order valence-corrected chi connectivity index (χ0v) is 36.5. The second kappa shape index (κ2) is 18.0. The van der Waals surface area contributed by atoms with Gasteiger partial charge in [-0.2, -0.15) is 0 Å². The Morgan fingerprint density at radius 2 is 0.746 bits per heavy atom. The Morgan fingerprint density at radius 3 is 1.07 bits per heavy atom. The fraction of sp³-hybridized carbons (Fsp3) is 0.510. The molecule has 4 aromatic rings. The fourth-order valence-corrected chi connectivity index (χ4v) is 8.52. The number of ether oxygens (including phenoxy) is 4. The molecule has 4 aliphatic rings. The number of hydrogen-bond acceptors (Lipinski definition) is 8. The van der Waals surface area contributed by atoms with Crippen molar-refractivity contribution in [2.45, 2.75) is 86.5 Å². The molecule has 4 unspecified atom stereocenters. The van der Waals surface area contributed by atoms with Gasteiger partial charge < -0.3 is 37.6 Å². The quantitative estimate of drug-likeness (QED) is 0.0798. The van der Waals surface area contributed by atoms with Crippen LogP contribution in [-0.4, -0.2) is 67.1 Å². The van der Waals surface area contributed by atoms with Gasteiger partial charge >= 0.3 is 14.2 Å². The highest BCUT2D eigenvalue weighted by atomic mass is 16.6. The standard InChI is InChI=1S/C49H62B2O8/c1-9-31(5)27-52-45-23-39-40-24-46(53-28-32(6)10-2)48(55-30-34(8)12-4)26-44(40)49(43(39)25-47(45)54-29-33(7)11-3)41-21-35(50-56-17-18-57-50)13-15-37(41)38-16-14-36(22-42(38)49)51-58-19-20-59-51/h13-16,21-26,31-34H,9-12,17-20,27-30H2,1-8H3. The topological polar surface area (TPSA) is 73.8 Å². The Balaban J connectivity index is 1.43. The van der Waals surface area contributed by atoms with Crippen LogP contribution in [-0.2, 0) is 24.0 Å². The molecular weight excluding hydrogens is 738 g/mol. The van der Waals surface area contributed by atoms with Crippen molar-refractivity contribution >= 4 is 25.2 Å². The Hall–Kier alpha value is -3.95. The van der Waals surface area contributed by atoms with Crippen molar-refractivity contribution in [3.8, 4) is 45.3 Å². The van der Waals surface area contributed by atoms with E-state index in [1.165, 1.54) is 11.1 Å². The highest BCUT2D eigenvalue weighted by Gasteiger charge is 2.54. The van der Waals surface area contributed by atoms with Crippen LogP contribution in [0.5, 0.6) is 23.0 Å². The van der Waals surface area contributed by atoms with Crippen molar-refractivity contribution in [2.75, 3.05) is 52.9 Å². The molecule has 0 amide bonds. The monoisotopic (exact) mass is 800 g/mol. The average molecular weight is 801 g/mol. The zero-order valence-electron chi connectivity index (χ0n) is 36.5. The molecule has 0 aromatic heterocycles. The second-order valence-corrected chi connectivity index (χ2v) is 17.5. The molecule has 0 radical (unpaired) electrons. The smallest absolute Gasteiger partial charge is 0.489 e. The van der Waals surface area contributed by atoms with Crippen molar-refractivity contribution in [1.29, 1.82) is 0 Å². The summed E-state index contributed by atoms with van der Waals surface area (Å²) in [4.78, 5) is 0. The first-order valence-electron chi connectivity index (χ1n) is 22.3. The molecule has 8 rings (SSSR count). The number of fused-ring (bicyclic) bond motifs is 10. The molecule has 2 fully saturated rings. The van der Waals surface area contributed by atoms with Gasteiger partial charge in [-0.15, -0.1) is 0 Å². The van der Waals surface area contributed by atoms with Crippen molar-refractivity contribution in [2.24, 2.45) is 23.7 Å². The summed E-state index contributed by atoms with van der Waals surface area (Å²) in [5, 5.41) is 0.